The molecule has 1 amide bonds. The molecule has 0 bridgehead atoms. The van der Waals surface area contributed by atoms with Crippen molar-refractivity contribution in [3.8, 4) is 11.1 Å². The predicted molar refractivity (Wildman–Crippen MR) is 141 cm³/mol. The second-order valence-corrected chi connectivity index (χ2v) is 9.18. The molecule has 3 N–H and O–H groups in total. The minimum absolute atomic E-state index is 0.171. The largest absolute Gasteiger partial charge is 0.480 e. The summed E-state index contributed by atoms with van der Waals surface area (Å²) in [5, 5.41) is 15.9. The molecule has 0 fully saturated rings. The number of carboxylic acid groups (broad SMARTS) is 1. The molecule has 0 aliphatic heterocycles. The molecule has 1 atom stereocenters. The lowest BCUT2D eigenvalue weighted by Gasteiger charge is -2.15. The van der Waals surface area contributed by atoms with Crippen LogP contribution in [0.3, 0.4) is 0 Å². The Kier molecular flexibility index (Phi) is 9.85. The van der Waals surface area contributed by atoms with E-state index in [0.717, 1.165) is 42.7 Å². The van der Waals surface area contributed by atoms with Gasteiger partial charge >= 0.3 is 5.97 Å². The van der Waals surface area contributed by atoms with E-state index in [2.05, 4.69) is 53.9 Å². The molecule has 0 saturated heterocycles. The average Bonchev–Trinajstić information content (AvgIpc) is 2.84. The van der Waals surface area contributed by atoms with Crippen LogP contribution in [-0.2, 0) is 17.8 Å². The van der Waals surface area contributed by atoms with Crippen LogP contribution in [0.1, 0.15) is 27.9 Å². The number of amides is 1. The molecule has 0 aliphatic rings. The number of benzene rings is 3. The van der Waals surface area contributed by atoms with E-state index in [1.54, 1.807) is 24.3 Å². The van der Waals surface area contributed by atoms with Gasteiger partial charge in [0.2, 0.25) is 0 Å². The molecule has 184 valence electrons. The maximum Gasteiger partial charge on any atom is 0.326 e. The minimum atomic E-state index is -1.10. The molecular formula is C28H32ClN3O3. The van der Waals surface area contributed by atoms with Crippen molar-refractivity contribution in [2.75, 3.05) is 27.2 Å². The van der Waals surface area contributed by atoms with E-state index in [0.29, 0.717) is 0 Å². The topological polar surface area (TPSA) is 81.7 Å². The van der Waals surface area contributed by atoms with Crippen LogP contribution in [0.25, 0.3) is 11.1 Å². The summed E-state index contributed by atoms with van der Waals surface area (Å²) in [7, 11) is 4.16. The Morgan fingerprint density at radius 1 is 0.914 bits per heavy atom. The van der Waals surface area contributed by atoms with Gasteiger partial charge < -0.3 is 20.6 Å². The summed E-state index contributed by atoms with van der Waals surface area (Å²) in [6.07, 6.45) is 1.29. The van der Waals surface area contributed by atoms with E-state index in [1.807, 2.05) is 24.3 Å². The van der Waals surface area contributed by atoms with Crippen molar-refractivity contribution in [3.63, 3.8) is 0 Å². The minimum Gasteiger partial charge on any atom is -0.480 e. The van der Waals surface area contributed by atoms with Crippen molar-refractivity contribution in [3.05, 3.63) is 94.5 Å². The van der Waals surface area contributed by atoms with Gasteiger partial charge in [-0.05, 0) is 68.0 Å². The van der Waals surface area contributed by atoms with Gasteiger partial charge in [0.1, 0.15) is 6.04 Å². The smallest absolute Gasteiger partial charge is 0.326 e. The third-order valence-corrected chi connectivity index (χ3v) is 6.02. The first kappa shape index (κ1) is 26.4. The fourth-order valence-corrected chi connectivity index (χ4v) is 3.94. The van der Waals surface area contributed by atoms with Gasteiger partial charge in [0.25, 0.3) is 5.91 Å². The zero-order valence-corrected chi connectivity index (χ0v) is 20.9. The number of hydrogen-bond donors (Lipinski definition) is 3. The van der Waals surface area contributed by atoms with Crippen molar-refractivity contribution >= 4 is 23.5 Å². The third kappa shape index (κ3) is 8.21. The summed E-state index contributed by atoms with van der Waals surface area (Å²) in [5.74, 6) is -1.60. The van der Waals surface area contributed by atoms with E-state index in [1.165, 1.54) is 5.56 Å². The van der Waals surface area contributed by atoms with Crippen molar-refractivity contribution in [2.24, 2.45) is 0 Å². The van der Waals surface area contributed by atoms with Crippen LogP contribution in [0.4, 0.5) is 0 Å². The molecule has 3 aromatic rings. The van der Waals surface area contributed by atoms with Crippen LogP contribution in [0.15, 0.2) is 72.8 Å². The fraction of sp³-hybridized carbons (Fsp3) is 0.286. The molecule has 7 heteroatoms. The highest BCUT2D eigenvalue weighted by molar-refractivity contribution is 6.33. The number of rotatable bonds is 12. The molecule has 0 heterocycles. The molecule has 0 spiro atoms. The summed E-state index contributed by atoms with van der Waals surface area (Å²) < 4.78 is 0. The number of halogens is 1. The standard InChI is InChI=1S/C28H32ClN3O3/c1-32(2)17-5-16-30-19-21-10-14-23(15-11-21)22-12-8-20(9-13-22)18-26(28(34)35)31-27(33)24-6-3-4-7-25(24)29/h3-4,6-15,26,30H,5,16-19H2,1-2H3,(H,31,33)(H,34,35)/t26-/m0/s1. The lowest BCUT2D eigenvalue weighted by molar-refractivity contribution is -0.139. The predicted octanol–water partition coefficient (Wildman–Crippen LogP) is 4.47. The molecule has 6 nitrogen and oxygen atoms in total. The summed E-state index contributed by atoms with van der Waals surface area (Å²) in [6, 6.07) is 21.7. The normalized spacial score (nSPS) is 11.9. The van der Waals surface area contributed by atoms with Crippen LogP contribution in [0.2, 0.25) is 5.02 Å². The summed E-state index contributed by atoms with van der Waals surface area (Å²) in [5.41, 5.74) is 4.44. The Hall–Kier alpha value is -3.19. The van der Waals surface area contributed by atoms with Crippen LogP contribution in [-0.4, -0.2) is 55.1 Å². The number of nitrogens with zero attached hydrogens (tertiary/aromatic N) is 1. The molecule has 0 unspecified atom stereocenters. The van der Waals surface area contributed by atoms with Crippen LogP contribution >= 0.6 is 11.6 Å². The van der Waals surface area contributed by atoms with E-state index in [9.17, 15) is 14.7 Å². The first-order chi connectivity index (χ1) is 16.8. The Bertz CT molecular complexity index is 1120. The van der Waals surface area contributed by atoms with Gasteiger partial charge in [0, 0.05) is 13.0 Å². The van der Waals surface area contributed by atoms with Crippen LogP contribution in [0.5, 0.6) is 0 Å². The summed E-state index contributed by atoms with van der Waals surface area (Å²) in [4.78, 5) is 26.4. The number of nitrogens with one attached hydrogen (secondary N) is 2. The first-order valence-electron chi connectivity index (χ1n) is 11.7. The fourth-order valence-electron chi connectivity index (χ4n) is 3.72. The van der Waals surface area contributed by atoms with Gasteiger partial charge in [-0.3, -0.25) is 4.79 Å². The Balaban J connectivity index is 1.57. The average molecular weight is 494 g/mol. The monoisotopic (exact) mass is 493 g/mol. The van der Waals surface area contributed by atoms with E-state index >= 15 is 0 Å². The number of aliphatic carboxylic acids is 1. The molecule has 0 radical (unpaired) electrons. The molecule has 35 heavy (non-hydrogen) atoms. The zero-order chi connectivity index (χ0) is 25.2. The number of carbonyl (C=O) groups is 2. The van der Waals surface area contributed by atoms with Crippen LogP contribution in [0, 0.1) is 0 Å². The molecule has 0 aliphatic carbocycles. The Labute approximate surface area is 211 Å². The van der Waals surface area contributed by atoms with Gasteiger partial charge in [0.15, 0.2) is 0 Å². The van der Waals surface area contributed by atoms with Crippen molar-refractivity contribution in [2.45, 2.75) is 25.4 Å². The van der Waals surface area contributed by atoms with Crippen LogP contribution < -0.4 is 10.6 Å². The maximum atomic E-state index is 12.5. The Morgan fingerprint density at radius 3 is 2.09 bits per heavy atom. The molecule has 0 saturated carbocycles. The first-order valence-corrected chi connectivity index (χ1v) is 12.0. The quantitative estimate of drug-likeness (QED) is 0.324. The third-order valence-electron chi connectivity index (χ3n) is 5.69. The van der Waals surface area contributed by atoms with Gasteiger partial charge in [-0.25, -0.2) is 4.79 Å². The number of carboxylic acids is 1. The zero-order valence-electron chi connectivity index (χ0n) is 20.1. The van der Waals surface area contributed by atoms with Crippen molar-refractivity contribution < 1.29 is 14.7 Å². The summed E-state index contributed by atoms with van der Waals surface area (Å²) in [6.45, 7) is 2.89. The number of hydrogen-bond acceptors (Lipinski definition) is 4. The molecule has 3 rings (SSSR count). The van der Waals surface area contributed by atoms with Gasteiger partial charge in [0.05, 0.1) is 10.6 Å². The van der Waals surface area contributed by atoms with E-state index in [-0.39, 0.29) is 17.0 Å². The lowest BCUT2D eigenvalue weighted by atomic mass is 9.99. The van der Waals surface area contributed by atoms with Crippen molar-refractivity contribution in [1.29, 1.82) is 0 Å². The highest BCUT2D eigenvalue weighted by Gasteiger charge is 2.22. The summed E-state index contributed by atoms with van der Waals surface area (Å²) >= 11 is 6.06. The molecular weight excluding hydrogens is 462 g/mol. The second kappa shape index (κ2) is 13.0. The SMILES string of the molecule is CN(C)CCCNCc1ccc(-c2ccc(C[C@H](NC(=O)c3ccccc3Cl)C(=O)O)cc2)cc1. The van der Waals surface area contributed by atoms with Crippen molar-refractivity contribution in [1.82, 2.24) is 15.5 Å². The van der Waals surface area contributed by atoms with Gasteiger partial charge in [-0.1, -0.05) is 72.3 Å². The van der Waals surface area contributed by atoms with E-state index in [4.69, 9.17) is 11.6 Å². The molecule has 3 aromatic carbocycles. The lowest BCUT2D eigenvalue weighted by Crippen LogP contribution is -2.42. The highest BCUT2D eigenvalue weighted by atomic mass is 35.5. The highest BCUT2D eigenvalue weighted by Crippen LogP contribution is 2.21. The van der Waals surface area contributed by atoms with Gasteiger partial charge in [-0.15, -0.1) is 0 Å². The second-order valence-electron chi connectivity index (χ2n) is 8.78. The molecule has 0 aromatic heterocycles. The van der Waals surface area contributed by atoms with Gasteiger partial charge in [-0.2, -0.15) is 0 Å². The maximum absolute atomic E-state index is 12.5. The van der Waals surface area contributed by atoms with E-state index < -0.39 is 17.9 Å². The number of carbonyl (C=O) groups excluding carboxylic acids is 1. The Morgan fingerprint density at radius 2 is 1.51 bits per heavy atom.